The van der Waals surface area contributed by atoms with Crippen molar-refractivity contribution >= 4 is 17.5 Å². The normalized spacial score (nSPS) is 34.7. The first-order valence-corrected chi connectivity index (χ1v) is 13.7. The third kappa shape index (κ3) is 3.64. The van der Waals surface area contributed by atoms with Crippen LogP contribution in [0, 0.1) is 17.3 Å². The number of benzene rings is 1. The van der Waals surface area contributed by atoms with Crippen molar-refractivity contribution in [3.63, 3.8) is 0 Å². The van der Waals surface area contributed by atoms with Crippen LogP contribution in [0.2, 0.25) is 0 Å². The van der Waals surface area contributed by atoms with Gasteiger partial charge < -0.3 is 5.11 Å². The SMILES string of the molecule is CCSc1ccc(C2C[C@@]3(C)[C@@H](CCC3(O)C(F)(F)C(F)(F)F)[C@@H]3CCC4=CC(=O)CCC4=C23)cc1. The molecule has 0 heterocycles. The Bertz CT molecular complexity index is 1120. The number of rotatable bonds is 4. The van der Waals surface area contributed by atoms with Gasteiger partial charge in [-0.15, -0.1) is 11.8 Å². The van der Waals surface area contributed by atoms with Crippen LogP contribution in [0.5, 0.6) is 0 Å². The van der Waals surface area contributed by atoms with Gasteiger partial charge in [0.05, 0.1) is 0 Å². The van der Waals surface area contributed by atoms with Gasteiger partial charge in [-0.2, -0.15) is 22.0 Å². The van der Waals surface area contributed by atoms with Crippen molar-refractivity contribution in [3.8, 4) is 0 Å². The number of aliphatic hydroxyl groups is 1. The van der Waals surface area contributed by atoms with E-state index in [1.165, 1.54) is 6.92 Å². The van der Waals surface area contributed by atoms with Crippen LogP contribution in [0.15, 0.2) is 52.0 Å². The van der Waals surface area contributed by atoms with E-state index >= 15 is 8.78 Å². The summed E-state index contributed by atoms with van der Waals surface area (Å²) >= 11 is 1.67. The van der Waals surface area contributed by atoms with Gasteiger partial charge in [0.1, 0.15) is 5.60 Å². The minimum Gasteiger partial charge on any atom is -0.383 e. The molecule has 36 heavy (non-hydrogen) atoms. The van der Waals surface area contributed by atoms with Gasteiger partial charge in [0.2, 0.25) is 0 Å². The summed E-state index contributed by atoms with van der Waals surface area (Å²) in [5.74, 6) is -5.32. The van der Waals surface area contributed by atoms with Crippen molar-refractivity contribution < 1.29 is 31.9 Å². The molecule has 8 heteroatoms. The number of fused-ring (bicyclic) bond motifs is 4. The lowest BCUT2D eigenvalue weighted by molar-refractivity contribution is -0.362. The number of ketones is 1. The Hall–Kier alpha value is -1.67. The zero-order chi connectivity index (χ0) is 26.1. The average molecular weight is 527 g/mol. The Labute approximate surface area is 212 Å². The number of carbonyl (C=O) groups is 1. The molecule has 5 rings (SSSR count). The predicted octanol–water partition coefficient (Wildman–Crippen LogP) is 7.63. The quantitative estimate of drug-likeness (QED) is 0.324. The van der Waals surface area contributed by atoms with Crippen molar-refractivity contribution in [2.75, 3.05) is 5.75 Å². The third-order valence-electron chi connectivity index (χ3n) is 9.36. The first-order chi connectivity index (χ1) is 16.8. The van der Waals surface area contributed by atoms with Crippen molar-refractivity contribution in [2.45, 2.75) is 87.3 Å². The molecular weight excluding hydrogens is 495 g/mol. The summed E-state index contributed by atoms with van der Waals surface area (Å²) in [6.45, 7) is 3.50. The van der Waals surface area contributed by atoms with E-state index in [-0.39, 0.29) is 24.5 Å². The molecule has 2 saturated carbocycles. The van der Waals surface area contributed by atoms with Gasteiger partial charge in [-0.25, -0.2) is 0 Å². The van der Waals surface area contributed by atoms with Gasteiger partial charge >= 0.3 is 12.1 Å². The Morgan fingerprint density at radius 2 is 1.75 bits per heavy atom. The standard InChI is InChI=1S/C28H31F5O2S/c1-3-36-19-8-4-16(5-9-19)22-15-25(2)23(12-13-26(25,35)27(29,30)28(31,32)33)21-10-6-17-14-18(34)7-11-20(17)24(21)22/h4-5,8-9,14,21-23,35H,3,6-7,10-13,15H2,1-2H3/t21-,22?,23-,25-,26?/m0/s1. The molecule has 196 valence electrons. The molecule has 0 spiro atoms. The van der Waals surface area contributed by atoms with E-state index in [0.717, 1.165) is 32.9 Å². The first-order valence-electron chi connectivity index (χ1n) is 12.7. The smallest absolute Gasteiger partial charge is 0.383 e. The van der Waals surface area contributed by atoms with Gasteiger partial charge in [0, 0.05) is 22.6 Å². The minimum atomic E-state index is -5.83. The second-order valence-electron chi connectivity index (χ2n) is 11.0. The van der Waals surface area contributed by atoms with Crippen molar-refractivity contribution in [2.24, 2.45) is 17.3 Å². The molecule has 2 nitrogen and oxygen atoms in total. The number of hydrogen-bond donors (Lipinski definition) is 1. The molecule has 0 amide bonds. The van der Waals surface area contributed by atoms with Gasteiger partial charge in [0.15, 0.2) is 5.78 Å². The molecule has 1 aromatic rings. The predicted molar refractivity (Wildman–Crippen MR) is 129 cm³/mol. The molecule has 0 saturated heterocycles. The summed E-state index contributed by atoms with van der Waals surface area (Å²) in [7, 11) is 0. The van der Waals surface area contributed by atoms with Crippen LogP contribution in [-0.4, -0.2) is 34.3 Å². The van der Waals surface area contributed by atoms with E-state index in [1.54, 1.807) is 17.8 Å². The Kier molecular flexibility index (Phi) is 6.26. The molecule has 4 aliphatic carbocycles. The summed E-state index contributed by atoms with van der Waals surface area (Å²) < 4.78 is 70.9. The highest BCUT2D eigenvalue weighted by molar-refractivity contribution is 7.99. The van der Waals surface area contributed by atoms with Crippen molar-refractivity contribution in [1.82, 2.24) is 0 Å². The third-order valence-corrected chi connectivity index (χ3v) is 10.2. The van der Waals surface area contributed by atoms with Crippen LogP contribution in [0.3, 0.4) is 0 Å². The molecule has 0 radical (unpaired) electrons. The molecule has 5 atom stereocenters. The molecule has 2 fully saturated rings. The topological polar surface area (TPSA) is 37.3 Å². The number of allylic oxidation sites excluding steroid dienone is 4. The highest BCUT2D eigenvalue weighted by Gasteiger charge is 2.79. The molecule has 0 aliphatic heterocycles. The monoisotopic (exact) mass is 526 g/mol. The summed E-state index contributed by atoms with van der Waals surface area (Å²) in [6.07, 6.45) is -2.45. The molecule has 1 aromatic carbocycles. The van der Waals surface area contributed by atoms with Crippen LogP contribution in [0.1, 0.15) is 70.3 Å². The lowest BCUT2D eigenvalue weighted by Crippen LogP contribution is -2.65. The number of halogens is 5. The van der Waals surface area contributed by atoms with Gasteiger partial charge in [-0.1, -0.05) is 31.6 Å². The van der Waals surface area contributed by atoms with Crippen molar-refractivity contribution in [3.05, 3.63) is 52.6 Å². The summed E-state index contributed by atoms with van der Waals surface area (Å²) in [4.78, 5) is 13.2. The maximum atomic E-state index is 15.0. The summed E-state index contributed by atoms with van der Waals surface area (Å²) in [5.41, 5.74) is -0.758. The maximum absolute atomic E-state index is 15.0. The van der Waals surface area contributed by atoms with E-state index in [4.69, 9.17) is 0 Å². The number of thioether (sulfide) groups is 1. The van der Waals surface area contributed by atoms with Gasteiger partial charge in [0.25, 0.3) is 0 Å². The second-order valence-corrected chi connectivity index (χ2v) is 12.3. The Balaban J connectivity index is 1.67. The fourth-order valence-electron chi connectivity index (χ4n) is 7.68. The Morgan fingerprint density at radius 1 is 1.06 bits per heavy atom. The van der Waals surface area contributed by atoms with Crippen LogP contribution in [0.25, 0.3) is 0 Å². The Morgan fingerprint density at radius 3 is 2.39 bits per heavy atom. The van der Waals surface area contributed by atoms with E-state index in [2.05, 4.69) is 0 Å². The number of hydrogen-bond acceptors (Lipinski definition) is 3. The summed E-state index contributed by atoms with van der Waals surface area (Å²) in [6, 6.07) is 7.82. The zero-order valence-electron chi connectivity index (χ0n) is 20.4. The fraction of sp³-hybridized carbons (Fsp3) is 0.607. The average Bonchev–Trinajstić information content (AvgIpc) is 3.10. The zero-order valence-corrected chi connectivity index (χ0v) is 21.2. The van der Waals surface area contributed by atoms with Gasteiger partial charge in [-0.3, -0.25) is 4.79 Å². The number of alkyl halides is 5. The van der Waals surface area contributed by atoms with E-state index in [9.17, 15) is 23.1 Å². The largest absolute Gasteiger partial charge is 0.456 e. The minimum absolute atomic E-state index is 0.0106. The molecular formula is C28H31F5O2S. The second kappa shape index (κ2) is 8.69. The molecule has 0 bridgehead atoms. The van der Waals surface area contributed by atoms with Crippen LogP contribution < -0.4 is 0 Å². The first kappa shape index (κ1) is 26.0. The molecule has 0 aromatic heterocycles. The maximum Gasteiger partial charge on any atom is 0.456 e. The molecule has 1 N–H and O–H groups in total. The van der Waals surface area contributed by atoms with Crippen LogP contribution >= 0.6 is 11.8 Å². The lowest BCUT2D eigenvalue weighted by Gasteiger charge is -2.56. The fourth-order valence-corrected chi connectivity index (χ4v) is 8.34. The number of carbonyl (C=O) groups excluding carboxylic acids is 1. The summed E-state index contributed by atoms with van der Waals surface area (Å²) in [5, 5.41) is 11.3. The highest BCUT2D eigenvalue weighted by atomic mass is 32.2. The van der Waals surface area contributed by atoms with Gasteiger partial charge in [-0.05, 0) is 91.0 Å². The van der Waals surface area contributed by atoms with E-state index < -0.39 is 41.4 Å². The van der Waals surface area contributed by atoms with Crippen LogP contribution in [0.4, 0.5) is 22.0 Å². The van der Waals surface area contributed by atoms with Crippen LogP contribution in [-0.2, 0) is 4.79 Å². The lowest BCUT2D eigenvalue weighted by atomic mass is 9.50. The molecule has 2 unspecified atom stereocenters. The van der Waals surface area contributed by atoms with E-state index in [0.29, 0.717) is 25.7 Å². The van der Waals surface area contributed by atoms with E-state index in [1.807, 2.05) is 31.2 Å². The highest BCUT2D eigenvalue weighted by Crippen LogP contribution is 2.70. The van der Waals surface area contributed by atoms with Crippen molar-refractivity contribution in [1.29, 1.82) is 0 Å². The molecule has 4 aliphatic rings.